The number of anilines is 1. The van der Waals surface area contributed by atoms with Crippen LogP contribution in [0.4, 0.5) is 5.69 Å². The van der Waals surface area contributed by atoms with Crippen molar-refractivity contribution in [1.29, 1.82) is 5.26 Å². The summed E-state index contributed by atoms with van der Waals surface area (Å²) < 4.78 is 5.72. The van der Waals surface area contributed by atoms with Crippen LogP contribution >= 0.6 is 0 Å². The number of amides is 1. The zero-order valence-electron chi connectivity index (χ0n) is 15.2. The van der Waals surface area contributed by atoms with Gasteiger partial charge < -0.3 is 10.1 Å². The van der Waals surface area contributed by atoms with Crippen molar-refractivity contribution in [3.8, 4) is 11.8 Å². The second kappa shape index (κ2) is 7.85. The largest absolute Gasteiger partial charge is 0.481 e. The van der Waals surface area contributed by atoms with Crippen LogP contribution < -0.4 is 10.1 Å². The van der Waals surface area contributed by atoms with Gasteiger partial charge in [0.25, 0.3) is 5.91 Å². The summed E-state index contributed by atoms with van der Waals surface area (Å²) in [6.45, 7) is 8.18. The molecule has 0 aliphatic rings. The van der Waals surface area contributed by atoms with Crippen LogP contribution in [0.2, 0.25) is 0 Å². The molecule has 0 radical (unpaired) electrons. The first kappa shape index (κ1) is 18.5. The average molecular weight is 336 g/mol. The Kier molecular flexibility index (Phi) is 5.82. The zero-order valence-corrected chi connectivity index (χ0v) is 15.2. The molecule has 0 aliphatic heterocycles. The molecule has 0 saturated heterocycles. The van der Waals surface area contributed by atoms with Crippen LogP contribution in [0.1, 0.15) is 38.8 Å². The quantitative estimate of drug-likeness (QED) is 0.877. The van der Waals surface area contributed by atoms with Crippen LogP contribution in [0.3, 0.4) is 0 Å². The predicted molar refractivity (Wildman–Crippen MR) is 99.6 cm³/mol. The van der Waals surface area contributed by atoms with E-state index in [2.05, 4.69) is 32.2 Å². The summed E-state index contributed by atoms with van der Waals surface area (Å²) in [4.78, 5) is 12.3. The number of carbonyl (C=O) groups is 1. The monoisotopic (exact) mass is 336 g/mol. The lowest BCUT2D eigenvalue weighted by Gasteiger charge is -2.20. The zero-order chi connectivity index (χ0) is 18.4. The van der Waals surface area contributed by atoms with Crippen molar-refractivity contribution in [2.75, 3.05) is 5.32 Å². The molecule has 130 valence electrons. The third-order valence-electron chi connectivity index (χ3n) is 3.91. The summed E-state index contributed by atoms with van der Waals surface area (Å²) in [5.41, 5.74) is 2.91. The number of benzene rings is 2. The van der Waals surface area contributed by atoms with Gasteiger partial charge in [0, 0.05) is 5.69 Å². The minimum Gasteiger partial charge on any atom is -0.481 e. The van der Waals surface area contributed by atoms with Crippen LogP contribution in [0, 0.1) is 11.3 Å². The first-order valence-electron chi connectivity index (χ1n) is 8.33. The molecule has 2 aromatic carbocycles. The Balaban J connectivity index is 1.94. The number of nitrogens with zero attached hydrogens (tertiary/aromatic N) is 1. The smallest absolute Gasteiger partial charge is 0.265 e. The molecule has 1 atom stereocenters. The van der Waals surface area contributed by atoms with Crippen LogP contribution in [0.25, 0.3) is 0 Å². The van der Waals surface area contributed by atoms with Gasteiger partial charge in [-0.2, -0.15) is 5.26 Å². The van der Waals surface area contributed by atoms with Gasteiger partial charge in [-0.15, -0.1) is 0 Å². The number of nitriles is 1. The molecular formula is C21H24N2O2. The molecule has 0 saturated carbocycles. The Morgan fingerprint density at radius 3 is 2.24 bits per heavy atom. The summed E-state index contributed by atoms with van der Waals surface area (Å²) in [6.07, 6.45) is -0.252. The van der Waals surface area contributed by atoms with E-state index in [1.165, 1.54) is 5.56 Å². The molecule has 0 aromatic heterocycles. The molecule has 0 fully saturated rings. The first-order chi connectivity index (χ1) is 11.8. The van der Waals surface area contributed by atoms with E-state index < -0.39 is 6.10 Å². The highest BCUT2D eigenvalue weighted by molar-refractivity contribution is 5.94. The van der Waals surface area contributed by atoms with E-state index in [0.29, 0.717) is 17.9 Å². The Labute approximate surface area is 149 Å². The minimum absolute atomic E-state index is 0.0826. The van der Waals surface area contributed by atoms with Crippen molar-refractivity contribution < 1.29 is 9.53 Å². The third-order valence-corrected chi connectivity index (χ3v) is 3.91. The topological polar surface area (TPSA) is 62.1 Å². The third kappa shape index (κ3) is 5.36. The molecule has 0 heterocycles. The highest BCUT2D eigenvalue weighted by atomic mass is 16.5. The van der Waals surface area contributed by atoms with Crippen LogP contribution in [0.15, 0.2) is 48.5 Å². The number of ether oxygens (including phenoxy) is 1. The van der Waals surface area contributed by atoms with Gasteiger partial charge in [0.2, 0.25) is 0 Å². The highest BCUT2D eigenvalue weighted by Gasteiger charge is 2.16. The summed E-state index contributed by atoms with van der Waals surface area (Å²) in [6, 6.07) is 17.2. The van der Waals surface area contributed by atoms with Crippen LogP contribution in [-0.2, 0) is 16.6 Å². The molecule has 2 aromatic rings. The van der Waals surface area contributed by atoms with Gasteiger partial charge in [0.15, 0.2) is 6.10 Å². The van der Waals surface area contributed by atoms with E-state index >= 15 is 0 Å². The number of hydrogen-bond acceptors (Lipinski definition) is 3. The second-order valence-electron chi connectivity index (χ2n) is 7.06. The fraction of sp³-hybridized carbons (Fsp3) is 0.333. The molecule has 1 amide bonds. The van der Waals surface area contributed by atoms with Gasteiger partial charge >= 0.3 is 0 Å². The minimum atomic E-state index is -0.612. The maximum atomic E-state index is 12.3. The summed E-state index contributed by atoms with van der Waals surface area (Å²) in [7, 11) is 0. The molecule has 25 heavy (non-hydrogen) atoms. The maximum absolute atomic E-state index is 12.3. The van der Waals surface area contributed by atoms with Crippen molar-refractivity contribution in [1.82, 2.24) is 0 Å². The Morgan fingerprint density at radius 2 is 1.72 bits per heavy atom. The van der Waals surface area contributed by atoms with Crippen molar-refractivity contribution in [2.45, 2.75) is 45.6 Å². The molecule has 2 rings (SSSR count). The molecule has 0 bridgehead atoms. The van der Waals surface area contributed by atoms with E-state index in [0.717, 1.165) is 5.56 Å². The first-order valence-corrected chi connectivity index (χ1v) is 8.33. The van der Waals surface area contributed by atoms with Gasteiger partial charge in [-0.05, 0) is 47.7 Å². The molecule has 4 heteroatoms. The lowest BCUT2D eigenvalue weighted by atomic mass is 9.87. The molecule has 0 aliphatic carbocycles. The van der Waals surface area contributed by atoms with E-state index in [-0.39, 0.29) is 11.3 Å². The van der Waals surface area contributed by atoms with Gasteiger partial charge in [-0.25, -0.2) is 0 Å². The van der Waals surface area contributed by atoms with E-state index in [4.69, 9.17) is 10.00 Å². The number of rotatable bonds is 5. The number of hydrogen-bond donors (Lipinski definition) is 1. The SMILES string of the molecule is C[C@@H](Oc1ccc(C(C)(C)C)cc1)C(=O)Nc1ccc(CC#N)cc1. The standard InChI is InChI=1S/C21H24N2O2/c1-15(25-19-11-7-17(8-12-19)21(2,3)4)20(24)23-18-9-5-16(6-10-18)13-14-22/h5-12,15H,13H2,1-4H3,(H,23,24)/t15-/m1/s1. The molecule has 4 nitrogen and oxygen atoms in total. The summed E-state index contributed by atoms with van der Waals surface area (Å²) in [5, 5.41) is 11.5. The fourth-order valence-electron chi connectivity index (χ4n) is 2.33. The fourth-order valence-corrected chi connectivity index (χ4v) is 2.33. The average Bonchev–Trinajstić information content (AvgIpc) is 2.56. The van der Waals surface area contributed by atoms with Crippen LogP contribution in [-0.4, -0.2) is 12.0 Å². The van der Waals surface area contributed by atoms with Crippen molar-refractivity contribution in [2.24, 2.45) is 0 Å². The molecule has 0 unspecified atom stereocenters. The Bertz CT molecular complexity index is 750. The van der Waals surface area contributed by atoms with E-state index in [1.54, 1.807) is 19.1 Å². The highest BCUT2D eigenvalue weighted by Crippen LogP contribution is 2.24. The molecule has 1 N–H and O–H groups in total. The second-order valence-corrected chi connectivity index (χ2v) is 7.06. The molecular weight excluding hydrogens is 312 g/mol. The number of nitrogens with one attached hydrogen (secondary N) is 1. The Hall–Kier alpha value is -2.80. The molecule has 0 spiro atoms. The van der Waals surface area contributed by atoms with Crippen molar-refractivity contribution >= 4 is 11.6 Å². The van der Waals surface area contributed by atoms with Crippen LogP contribution in [0.5, 0.6) is 5.75 Å². The summed E-state index contributed by atoms with van der Waals surface area (Å²) >= 11 is 0. The van der Waals surface area contributed by atoms with Gasteiger partial charge in [0.05, 0.1) is 12.5 Å². The lowest BCUT2D eigenvalue weighted by molar-refractivity contribution is -0.122. The van der Waals surface area contributed by atoms with Gasteiger partial charge in [-0.1, -0.05) is 45.0 Å². The Morgan fingerprint density at radius 1 is 1.12 bits per heavy atom. The van der Waals surface area contributed by atoms with E-state index in [1.807, 2.05) is 36.4 Å². The maximum Gasteiger partial charge on any atom is 0.265 e. The summed E-state index contributed by atoms with van der Waals surface area (Å²) in [5.74, 6) is 0.452. The number of carbonyl (C=O) groups excluding carboxylic acids is 1. The van der Waals surface area contributed by atoms with Crippen molar-refractivity contribution in [3.63, 3.8) is 0 Å². The van der Waals surface area contributed by atoms with E-state index in [9.17, 15) is 4.79 Å². The predicted octanol–water partition coefficient (Wildman–Crippen LogP) is 4.46. The van der Waals surface area contributed by atoms with Gasteiger partial charge in [-0.3, -0.25) is 4.79 Å². The van der Waals surface area contributed by atoms with Gasteiger partial charge in [0.1, 0.15) is 5.75 Å². The van der Waals surface area contributed by atoms with Crippen molar-refractivity contribution in [3.05, 3.63) is 59.7 Å². The normalized spacial score (nSPS) is 12.1. The lowest BCUT2D eigenvalue weighted by Crippen LogP contribution is -2.30.